The molecule has 1 aliphatic carbocycles. The number of alkyl halides is 1. The monoisotopic (exact) mass is 426 g/mol. The van der Waals surface area contributed by atoms with Crippen molar-refractivity contribution in [3.63, 3.8) is 0 Å². The van der Waals surface area contributed by atoms with Crippen LogP contribution in [-0.4, -0.2) is 19.7 Å². The normalized spacial score (nSPS) is 20.9. The summed E-state index contributed by atoms with van der Waals surface area (Å²) in [5, 5.41) is 1.75. The third-order valence-electron chi connectivity index (χ3n) is 4.18. The van der Waals surface area contributed by atoms with Gasteiger partial charge in [0.2, 0.25) is 5.00 Å². The van der Waals surface area contributed by atoms with E-state index in [1.807, 2.05) is 18.4 Å². The molecule has 2 nitrogen and oxygen atoms in total. The minimum absolute atomic E-state index is 0.162. The molecule has 0 spiro atoms. The first-order chi connectivity index (χ1) is 11.2. The fourth-order valence-electron chi connectivity index (χ4n) is 2.58. The lowest BCUT2D eigenvalue weighted by Gasteiger charge is -2.22. The van der Waals surface area contributed by atoms with E-state index in [4.69, 9.17) is 0 Å². The average Bonchev–Trinajstić information content (AvgIpc) is 2.99. The summed E-state index contributed by atoms with van der Waals surface area (Å²) < 4.78 is 38.7. The van der Waals surface area contributed by atoms with Gasteiger partial charge in [0.25, 0.3) is 0 Å². The molecule has 0 aliphatic heterocycles. The number of hydrogen-bond donors (Lipinski definition) is 0. The summed E-state index contributed by atoms with van der Waals surface area (Å²) in [5.74, 6) is 0. The molecule has 1 unspecified atom stereocenters. The highest BCUT2D eigenvalue weighted by molar-refractivity contribution is 9.10. The Kier molecular flexibility index (Phi) is 4.57. The fourth-order valence-corrected chi connectivity index (χ4v) is 4.53. The molecule has 1 heterocycles. The van der Waals surface area contributed by atoms with Gasteiger partial charge in [0, 0.05) is 22.7 Å². The average molecular weight is 427 g/mol. The lowest BCUT2D eigenvalue weighted by atomic mass is 9.94. The molecule has 0 amide bonds. The van der Waals surface area contributed by atoms with Gasteiger partial charge in [-0.3, -0.25) is 0 Å². The summed E-state index contributed by atoms with van der Waals surface area (Å²) in [6.07, 6.45) is 5.15. The minimum atomic E-state index is -3.79. The quantitative estimate of drug-likeness (QED) is 0.645. The summed E-state index contributed by atoms with van der Waals surface area (Å²) in [6, 6.07) is 6.15. The Morgan fingerprint density at radius 2 is 1.96 bits per heavy atom. The maximum atomic E-state index is 14.5. The highest BCUT2D eigenvalue weighted by Gasteiger charge is 2.39. The first-order valence-corrected chi connectivity index (χ1v) is 10.9. The maximum absolute atomic E-state index is 14.5. The molecule has 0 saturated carbocycles. The van der Waals surface area contributed by atoms with Crippen molar-refractivity contribution in [1.29, 1.82) is 0 Å². The van der Waals surface area contributed by atoms with Crippen LogP contribution in [0.5, 0.6) is 0 Å². The van der Waals surface area contributed by atoms with Crippen molar-refractivity contribution in [2.45, 2.75) is 18.3 Å². The van der Waals surface area contributed by atoms with Gasteiger partial charge in [0.05, 0.1) is 0 Å². The van der Waals surface area contributed by atoms with Crippen molar-refractivity contribution >= 4 is 42.7 Å². The van der Waals surface area contributed by atoms with Gasteiger partial charge in [0.1, 0.15) is 0 Å². The van der Waals surface area contributed by atoms with E-state index in [1.165, 1.54) is 0 Å². The van der Waals surface area contributed by atoms with Crippen molar-refractivity contribution in [2.24, 2.45) is 0 Å². The Morgan fingerprint density at radius 3 is 2.54 bits per heavy atom. The van der Waals surface area contributed by atoms with Gasteiger partial charge in [-0.25, -0.2) is 12.8 Å². The van der Waals surface area contributed by atoms with E-state index in [0.29, 0.717) is 0 Å². The van der Waals surface area contributed by atoms with Gasteiger partial charge in [-0.2, -0.15) is 11.3 Å². The SMILES string of the molecule is Cc1ccc(-c2cscc2C2=CCC(F)(S(C)(=O)=O)C=C2)cc1Br. The van der Waals surface area contributed by atoms with Crippen molar-refractivity contribution in [2.75, 3.05) is 6.26 Å². The Balaban J connectivity index is 1.98. The van der Waals surface area contributed by atoms with Gasteiger partial charge in [-0.1, -0.05) is 40.2 Å². The van der Waals surface area contributed by atoms with Crippen LogP contribution in [0.25, 0.3) is 16.7 Å². The Labute approximate surface area is 153 Å². The van der Waals surface area contributed by atoms with E-state index in [2.05, 4.69) is 33.4 Å². The second-order valence-electron chi connectivity index (χ2n) is 5.92. The molecular formula is C18H16BrFO2S2. The van der Waals surface area contributed by atoms with Gasteiger partial charge >= 0.3 is 0 Å². The summed E-state index contributed by atoms with van der Waals surface area (Å²) in [6.45, 7) is 2.03. The highest BCUT2D eigenvalue weighted by atomic mass is 79.9. The maximum Gasteiger partial charge on any atom is 0.232 e. The van der Waals surface area contributed by atoms with Crippen LogP contribution in [-0.2, 0) is 9.84 Å². The molecule has 0 N–H and O–H groups in total. The smallest absolute Gasteiger partial charge is 0.225 e. The van der Waals surface area contributed by atoms with Crippen molar-refractivity contribution in [1.82, 2.24) is 0 Å². The zero-order chi connectivity index (χ0) is 17.5. The standard InChI is InChI=1S/C18H16BrFO2S2/c1-12-3-4-14(9-17(12)19)16-11-23-10-15(16)13-5-7-18(20,8-6-13)24(2,21)22/h3-7,9-11H,8H2,1-2H3. The number of halogens is 2. The third kappa shape index (κ3) is 3.15. The van der Waals surface area contributed by atoms with E-state index < -0.39 is 14.8 Å². The second kappa shape index (κ2) is 6.24. The summed E-state index contributed by atoms with van der Waals surface area (Å²) in [7, 11) is -3.79. The molecule has 1 atom stereocenters. The summed E-state index contributed by atoms with van der Waals surface area (Å²) in [5.41, 5.74) is 5.12. The molecule has 2 aromatic rings. The van der Waals surface area contributed by atoms with Crippen LogP contribution in [0.15, 0.2) is 51.7 Å². The van der Waals surface area contributed by atoms with Crippen LogP contribution in [0.4, 0.5) is 4.39 Å². The van der Waals surface area contributed by atoms with Crippen LogP contribution in [0.1, 0.15) is 17.5 Å². The van der Waals surface area contributed by atoms with Crippen molar-refractivity contribution < 1.29 is 12.8 Å². The Morgan fingerprint density at radius 1 is 1.25 bits per heavy atom. The van der Waals surface area contributed by atoms with E-state index in [0.717, 1.165) is 44.6 Å². The molecule has 6 heteroatoms. The molecule has 0 fully saturated rings. The molecule has 0 bridgehead atoms. The van der Waals surface area contributed by atoms with E-state index >= 15 is 0 Å². The number of allylic oxidation sites excluding steroid dienone is 3. The predicted octanol–water partition coefficient (Wildman–Crippen LogP) is 5.54. The van der Waals surface area contributed by atoms with Crippen molar-refractivity contribution in [3.8, 4) is 11.1 Å². The molecule has 126 valence electrons. The molecule has 1 aromatic heterocycles. The van der Waals surface area contributed by atoms with Crippen molar-refractivity contribution in [3.05, 3.63) is 62.8 Å². The van der Waals surface area contributed by atoms with Crippen LogP contribution in [0.2, 0.25) is 0 Å². The highest BCUT2D eigenvalue weighted by Crippen LogP contribution is 2.39. The van der Waals surface area contributed by atoms with Gasteiger partial charge in [-0.15, -0.1) is 0 Å². The van der Waals surface area contributed by atoms with Crippen LogP contribution in [0.3, 0.4) is 0 Å². The summed E-state index contributed by atoms with van der Waals surface area (Å²) >= 11 is 5.12. The van der Waals surface area contributed by atoms with Gasteiger partial charge in [-0.05, 0) is 52.1 Å². The van der Waals surface area contributed by atoms with Crippen LogP contribution in [0, 0.1) is 6.92 Å². The lowest BCUT2D eigenvalue weighted by Crippen LogP contribution is -2.31. The minimum Gasteiger partial charge on any atom is -0.225 e. The molecule has 1 aromatic carbocycles. The molecular weight excluding hydrogens is 411 g/mol. The summed E-state index contributed by atoms with van der Waals surface area (Å²) in [4.78, 5) is 0. The van der Waals surface area contributed by atoms with Crippen LogP contribution < -0.4 is 0 Å². The topological polar surface area (TPSA) is 34.1 Å². The third-order valence-corrected chi connectivity index (χ3v) is 7.32. The number of benzene rings is 1. The fraction of sp³-hybridized carbons (Fsp3) is 0.222. The Bertz CT molecular complexity index is 957. The second-order valence-corrected chi connectivity index (χ2v) is 9.74. The number of thiophene rings is 1. The molecule has 1 aliphatic rings. The molecule has 0 saturated heterocycles. The first-order valence-electron chi connectivity index (χ1n) is 7.32. The number of sulfone groups is 1. The van der Waals surface area contributed by atoms with Gasteiger partial charge in [0.15, 0.2) is 9.84 Å². The van der Waals surface area contributed by atoms with E-state index in [9.17, 15) is 12.8 Å². The van der Waals surface area contributed by atoms with E-state index in [1.54, 1.807) is 23.5 Å². The first kappa shape index (κ1) is 17.6. The molecule has 0 radical (unpaired) electrons. The predicted molar refractivity (Wildman–Crippen MR) is 103 cm³/mol. The molecule has 24 heavy (non-hydrogen) atoms. The largest absolute Gasteiger partial charge is 0.232 e. The zero-order valence-electron chi connectivity index (χ0n) is 13.2. The zero-order valence-corrected chi connectivity index (χ0v) is 16.4. The number of hydrogen-bond acceptors (Lipinski definition) is 3. The van der Waals surface area contributed by atoms with E-state index in [-0.39, 0.29) is 6.42 Å². The molecule has 3 rings (SSSR count). The van der Waals surface area contributed by atoms with Gasteiger partial charge < -0.3 is 0 Å². The number of aryl methyl sites for hydroxylation is 1. The van der Waals surface area contributed by atoms with Crippen LogP contribution >= 0.6 is 27.3 Å². The lowest BCUT2D eigenvalue weighted by molar-refractivity contribution is 0.333. The Hall–Kier alpha value is -1.24. The number of rotatable bonds is 3.